The van der Waals surface area contributed by atoms with Gasteiger partial charge < -0.3 is 5.73 Å². The summed E-state index contributed by atoms with van der Waals surface area (Å²) in [5.41, 5.74) is 6.30. The van der Waals surface area contributed by atoms with Gasteiger partial charge in [-0.25, -0.2) is 4.39 Å². The van der Waals surface area contributed by atoms with Crippen LogP contribution in [0.25, 0.3) is 0 Å². The van der Waals surface area contributed by atoms with E-state index in [1.54, 1.807) is 0 Å². The fourth-order valence-corrected chi connectivity index (χ4v) is 3.24. The van der Waals surface area contributed by atoms with Gasteiger partial charge in [-0.15, -0.1) is 0 Å². The molecule has 0 aliphatic rings. The van der Waals surface area contributed by atoms with Gasteiger partial charge in [0, 0.05) is 0 Å². The smallest absolute Gasteiger partial charge is 0.153 e. The normalized spacial score (nSPS) is 10.4. The Morgan fingerprint density at radius 3 is 1.75 bits per heavy atom. The van der Waals surface area contributed by atoms with Crippen molar-refractivity contribution in [3.63, 3.8) is 0 Å². The number of rotatable bonds is 0. The number of nitrogens with two attached hydrogens (primary N) is 1. The molecule has 0 atom stereocenters. The predicted octanol–water partition coefficient (Wildman–Crippen LogP) is 4.14. The Bertz CT molecular complexity index is 238. The molecule has 1 rings (SSSR count). The maximum atomic E-state index is 13.3. The van der Waals surface area contributed by atoms with Gasteiger partial charge in [-0.1, -0.05) is 0 Å². The van der Waals surface area contributed by atoms with Gasteiger partial charge in [-0.3, -0.25) is 0 Å². The molecule has 1 aromatic rings. The predicted molar refractivity (Wildman–Crippen MR) is 71.6 cm³/mol. The Labute approximate surface area is 113 Å². The molecule has 0 amide bonds. The van der Waals surface area contributed by atoms with Gasteiger partial charge in [0.1, 0.15) is 0 Å². The van der Waals surface area contributed by atoms with Crippen molar-refractivity contribution in [3.8, 4) is 0 Å². The number of benzene rings is 1. The second kappa shape index (κ2) is 4.26. The first-order valence-corrected chi connectivity index (χ1v) is 6.48. The van der Waals surface area contributed by atoms with Crippen molar-refractivity contribution in [3.05, 3.63) is 21.9 Å². The molecule has 0 fully saturated rings. The molecule has 2 N–H and O–H groups in total. The maximum absolute atomic E-state index is 13.3. The van der Waals surface area contributed by atoms with Crippen molar-refractivity contribution >= 4 is 82.7 Å². The molecule has 66 valence electrons. The highest BCUT2D eigenvalue weighted by molar-refractivity contribution is 14.1. The van der Waals surface area contributed by atoms with Gasteiger partial charge in [0.25, 0.3) is 0 Å². The van der Waals surface area contributed by atoms with Crippen LogP contribution in [0.4, 0.5) is 10.1 Å². The van der Waals surface area contributed by atoms with E-state index < -0.39 is 0 Å². The van der Waals surface area contributed by atoms with Crippen LogP contribution >= 0.6 is 77.0 Å². The van der Waals surface area contributed by atoms with Crippen LogP contribution in [0, 0.1) is 13.0 Å². The van der Waals surface area contributed by atoms with Crippen LogP contribution in [0.3, 0.4) is 0 Å². The van der Waals surface area contributed by atoms with Gasteiger partial charge >= 0.3 is 0 Å². The van der Waals surface area contributed by atoms with E-state index in [0.29, 0.717) is 21.8 Å². The molecule has 0 aliphatic carbocycles. The van der Waals surface area contributed by atoms with Crippen molar-refractivity contribution in [1.29, 1.82) is 0 Å². The van der Waals surface area contributed by atoms with E-state index in [2.05, 4.69) is 31.9 Å². The van der Waals surface area contributed by atoms with Crippen LogP contribution in [0.1, 0.15) is 0 Å². The average Bonchev–Trinajstić information content (AvgIpc) is 2.08. The quantitative estimate of drug-likeness (QED) is 0.237. The molecular formula is C6H2Br2FI2N. The zero-order chi connectivity index (χ0) is 9.46. The van der Waals surface area contributed by atoms with Gasteiger partial charge in [0.15, 0.2) is 5.82 Å². The third kappa shape index (κ3) is 1.90. The summed E-state index contributed by atoms with van der Waals surface area (Å²) in [6.07, 6.45) is 0. The minimum absolute atomic E-state index is 0.307. The van der Waals surface area contributed by atoms with E-state index in [1.807, 2.05) is 45.2 Å². The highest BCUT2D eigenvalue weighted by Crippen LogP contribution is 2.37. The van der Waals surface area contributed by atoms with Crippen molar-refractivity contribution in [2.45, 2.75) is 0 Å². The molecule has 1 nitrogen and oxygen atoms in total. The zero-order valence-corrected chi connectivity index (χ0v) is 13.0. The van der Waals surface area contributed by atoms with E-state index in [0.717, 1.165) is 0 Å². The minimum Gasteiger partial charge on any atom is -0.397 e. The molecule has 0 heterocycles. The van der Waals surface area contributed by atoms with Crippen molar-refractivity contribution in [2.24, 2.45) is 0 Å². The monoisotopic (exact) mass is 519 g/mol. The number of hydrogen-bond acceptors (Lipinski definition) is 1. The van der Waals surface area contributed by atoms with Gasteiger partial charge in [0.05, 0.1) is 21.8 Å². The second-order valence-corrected chi connectivity index (χ2v) is 5.73. The molecule has 0 saturated heterocycles. The fourth-order valence-electron chi connectivity index (χ4n) is 0.622. The largest absolute Gasteiger partial charge is 0.397 e. The zero-order valence-electron chi connectivity index (χ0n) is 5.47. The summed E-state index contributed by atoms with van der Waals surface area (Å²) in [4.78, 5) is 0. The van der Waals surface area contributed by atoms with Crippen LogP contribution < -0.4 is 5.73 Å². The summed E-state index contributed by atoms with van der Waals surface area (Å²) in [6, 6.07) is 0. The lowest BCUT2D eigenvalue weighted by Gasteiger charge is -2.07. The van der Waals surface area contributed by atoms with E-state index in [-0.39, 0.29) is 5.82 Å². The highest BCUT2D eigenvalue weighted by Gasteiger charge is 2.16. The molecule has 0 unspecified atom stereocenters. The highest BCUT2D eigenvalue weighted by atomic mass is 127. The molecule has 0 aromatic heterocycles. The molecule has 0 spiro atoms. The number of hydrogen-bond donors (Lipinski definition) is 1. The summed E-state index contributed by atoms with van der Waals surface area (Å²) in [6.45, 7) is 0. The molecular weight excluding hydrogens is 519 g/mol. The minimum atomic E-state index is -0.307. The summed E-state index contributed by atoms with van der Waals surface area (Å²) >= 11 is 10.2. The second-order valence-electron chi connectivity index (χ2n) is 1.98. The van der Waals surface area contributed by atoms with Gasteiger partial charge in [-0.2, -0.15) is 0 Å². The lowest BCUT2D eigenvalue weighted by atomic mass is 10.3. The first kappa shape index (κ1) is 11.4. The van der Waals surface area contributed by atoms with E-state index in [4.69, 9.17) is 5.73 Å². The Kier molecular flexibility index (Phi) is 4.06. The molecule has 0 aliphatic heterocycles. The van der Waals surface area contributed by atoms with E-state index in [9.17, 15) is 4.39 Å². The Morgan fingerprint density at radius 1 is 1.08 bits per heavy atom. The first-order valence-electron chi connectivity index (χ1n) is 2.73. The number of anilines is 1. The molecule has 1 aromatic carbocycles. The summed E-state index contributed by atoms with van der Waals surface area (Å²) < 4.78 is 15.5. The third-order valence-corrected chi connectivity index (χ3v) is 6.46. The molecule has 0 radical (unpaired) electrons. The van der Waals surface area contributed by atoms with Gasteiger partial charge in [-0.05, 0) is 77.0 Å². The van der Waals surface area contributed by atoms with Crippen molar-refractivity contribution in [1.82, 2.24) is 0 Å². The summed E-state index contributed by atoms with van der Waals surface area (Å²) in [5.74, 6) is -0.307. The Hall–Kier alpha value is 1.37. The van der Waals surface area contributed by atoms with Crippen LogP contribution in [0.15, 0.2) is 8.95 Å². The Balaban J connectivity index is 3.60. The lowest BCUT2D eigenvalue weighted by Crippen LogP contribution is -1.98. The molecule has 0 saturated carbocycles. The number of halogens is 5. The standard InChI is InChI=1S/C6H2Br2FI2N/c7-1-3(9)2(8)5(11)6(12)4(1)10/h12H2. The Morgan fingerprint density at radius 2 is 1.42 bits per heavy atom. The SMILES string of the molecule is Nc1c(I)c(Br)c(F)c(Br)c1I. The molecule has 12 heavy (non-hydrogen) atoms. The van der Waals surface area contributed by atoms with Crippen LogP contribution in [0.2, 0.25) is 0 Å². The summed E-state index contributed by atoms with van der Waals surface area (Å²) in [5, 5.41) is 0. The molecule has 0 bridgehead atoms. The third-order valence-electron chi connectivity index (χ3n) is 1.24. The van der Waals surface area contributed by atoms with Crippen LogP contribution in [-0.4, -0.2) is 0 Å². The maximum Gasteiger partial charge on any atom is 0.153 e. The van der Waals surface area contributed by atoms with Crippen molar-refractivity contribution in [2.75, 3.05) is 5.73 Å². The molecule has 6 heteroatoms. The van der Waals surface area contributed by atoms with Crippen molar-refractivity contribution < 1.29 is 4.39 Å². The van der Waals surface area contributed by atoms with Crippen LogP contribution in [-0.2, 0) is 0 Å². The van der Waals surface area contributed by atoms with Gasteiger partial charge in [0.2, 0.25) is 0 Å². The topological polar surface area (TPSA) is 26.0 Å². The number of nitrogen functional groups attached to an aromatic ring is 1. The van der Waals surface area contributed by atoms with Crippen LogP contribution in [0.5, 0.6) is 0 Å². The van der Waals surface area contributed by atoms with E-state index in [1.165, 1.54) is 0 Å². The lowest BCUT2D eigenvalue weighted by molar-refractivity contribution is 0.612. The average molecular weight is 521 g/mol. The summed E-state index contributed by atoms with van der Waals surface area (Å²) in [7, 11) is 0. The fraction of sp³-hybridized carbons (Fsp3) is 0. The van der Waals surface area contributed by atoms with E-state index >= 15 is 0 Å². The first-order chi connectivity index (χ1) is 5.46.